The van der Waals surface area contributed by atoms with Crippen molar-refractivity contribution in [2.45, 2.75) is 18.9 Å². The molecule has 1 fully saturated rings. The molecule has 1 unspecified atom stereocenters. The molecule has 3 aromatic rings. The lowest BCUT2D eigenvalue weighted by Gasteiger charge is -2.27. The normalized spacial score (nSPS) is 15.2. The molecule has 2 aromatic heterocycles. The Balaban J connectivity index is 1.40. The first kappa shape index (κ1) is 19.8. The summed E-state index contributed by atoms with van der Waals surface area (Å²) in [5.41, 5.74) is 1.16. The SMILES string of the molecule is O=C(NCC(c1cccs1)N1CCCC1)c1cccc(NC(=O)c2cccs2)c1. The fourth-order valence-electron chi connectivity index (χ4n) is 3.57. The zero-order valence-corrected chi connectivity index (χ0v) is 17.6. The van der Waals surface area contributed by atoms with Crippen LogP contribution in [0.4, 0.5) is 5.69 Å². The van der Waals surface area contributed by atoms with E-state index < -0.39 is 0 Å². The van der Waals surface area contributed by atoms with Gasteiger partial charge in [-0.1, -0.05) is 18.2 Å². The summed E-state index contributed by atoms with van der Waals surface area (Å²) in [6.07, 6.45) is 2.42. The number of hydrogen-bond acceptors (Lipinski definition) is 5. The van der Waals surface area contributed by atoms with Gasteiger partial charge in [-0.15, -0.1) is 22.7 Å². The second kappa shape index (κ2) is 9.35. The van der Waals surface area contributed by atoms with E-state index in [0.29, 0.717) is 22.7 Å². The Labute approximate surface area is 178 Å². The van der Waals surface area contributed by atoms with E-state index in [4.69, 9.17) is 0 Å². The highest BCUT2D eigenvalue weighted by Crippen LogP contribution is 2.28. The number of hydrogen-bond donors (Lipinski definition) is 2. The molecule has 4 rings (SSSR count). The molecule has 0 aliphatic carbocycles. The molecule has 0 radical (unpaired) electrons. The van der Waals surface area contributed by atoms with Gasteiger partial charge in [0.1, 0.15) is 0 Å². The molecule has 1 aliphatic rings. The molecule has 29 heavy (non-hydrogen) atoms. The minimum atomic E-state index is -0.163. The topological polar surface area (TPSA) is 61.4 Å². The average Bonchev–Trinajstić information content (AvgIpc) is 3.51. The van der Waals surface area contributed by atoms with Crippen molar-refractivity contribution in [3.05, 3.63) is 74.6 Å². The van der Waals surface area contributed by atoms with Crippen LogP contribution in [-0.2, 0) is 0 Å². The molecule has 5 nitrogen and oxygen atoms in total. The molecule has 150 valence electrons. The van der Waals surface area contributed by atoms with Gasteiger partial charge in [-0.25, -0.2) is 0 Å². The summed E-state index contributed by atoms with van der Waals surface area (Å²) < 4.78 is 0. The zero-order valence-electron chi connectivity index (χ0n) is 16.0. The summed E-state index contributed by atoms with van der Waals surface area (Å²) in [4.78, 5) is 29.4. The van der Waals surface area contributed by atoms with Crippen molar-refractivity contribution in [1.82, 2.24) is 10.2 Å². The molecule has 0 saturated carbocycles. The maximum atomic E-state index is 12.8. The Morgan fingerprint density at radius 1 is 0.966 bits per heavy atom. The molecule has 1 aliphatic heterocycles. The fraction of sp³-hybridized carbons (Fsp3) is 0.273. The molecule has 1 aromatic carbocycles. The smallest absolute Gasteiger partial charge is 0.265 e. The third-order valence-corrected chi connectivity index (χ3v) is 6.88. The van der Waals surface area contributed by atoms with Crippen molar-refractivity contribution >= 4 is 40.2 Å². The molecule has 0 bridgehead atoms. The second-order valence-electron chi connectivity index (χ2n) is 7.00. The van der Waals surface area contributed by atoms with E-state index in [9.17, 15) is 9.59 Å². The van der Waals surface area contributed by atoms with Crippen LogP contribution >= 0.6 is 22.7 Å². The van der Waals surface area contributed by atoms with Gasteiger partial charge in [-0.05, 0) is 67.0 Å². The molecule has 2 amide bonds. The van der Waals surface area contributed by atoms with Crippen LogP contribution in [0.15, 0.2) is 59.3 Å². The molecule has 3 heterocycles. The Bertz CT molecular complexity index is 948. The number of amides is 2. The lowest BCUT2D eigenvalue weighted by molar-refractivity contribution is 0.0937. The van der Waals surface area contributed by atoms with Crippen LogP contribution in [0.5, 0.6) is 0 Å². The van der Waals surface area contributed by atoms with Crippen molar-refractivity contribution in [1.29, 1.82) is 0 Å². The Morgan fingerprint density at radius 2 is 1.76 bits per heavy atom. The van der Waals surface area contributed by atoms with Gasteiger partial charge in [0.15, 0.2) is 0 Å². The number of anilines is 1. The van der Waals surface area contributed by atoms with E-state index in [1.54, 1.807) is 41.7 Å². The summed E-state index contributed by atoms with van der Waals surface area (Å²) >= 11 is 3.12. The number of thiophene rings is 2. The van der Waals surface area contributed by atoms with E-state index in [0.717, 1.165) is 13.1 Å². The fourth-order valence-corrected chi connectivity index (χ4v) is 5.05. The van der Waals surface area contributed by atoms with Crippen molar-refractivity contribution in [2.24, 2.45) is 0 Å². The summed E-state index contributed by atoms with van der Waals surface area (Å²) in [6.45, 7) is 2.72. The Hall–Kier alpha value is -2.48. The number of benzene rings is 1. The molecular weight excluding hydrogens is 402 g/mol. The van der Waals surface area contributed by atoms with Crippen molar-refractivity contribution in [2.75, 3.05) is 25.0 Å². The van der Waals surface area contributed by atoms with Crippen molar-refractivity contribution < 1.29 is 9.59 Å². The quantitative estimate of drug-likeness (QED) is 0.580. The molecule has 7 heteroatoms. The number of nitrogens with one attached hydrogen (secondary N) is 2. The molecule has 0 spiro atoms. The van der Waals surface area contributed by atoms with Gasteiger partial charge in [0.25, 0.3) is 11.8 Å². The van der Waals surface area contributed by atoms with Gasteiger partial charge in [-0.3, -0.25) is 14.5 Å². The highest BCUT2D eigenvalue weighted by molar-refractivity contribution is 7.12. The van der Waals surface area contributed by atoms with Crippen LogP contribution in [0.2, 0.25) is 0 Å². The maximum absolute atomic E-state index is 12.8. The van der Waals surface area contributed by atoms with Crippen molar-refractivity contribution in [3.63, 3.8) is 0 Å². The first-order valence-corrected chi connectivity index (χ1v) is 11.5. The minimum absolute atomic E-state index is 0.127. The number of rotatable bonds is 7. The predicted octanol–water partition coefficient (Wildman–Crippen LogP) is 4.63. The molecule has 2 N–H and O–H groups in total. The predicted molar refractivity (Wildman–Crippen MR) is 119 cm³/mol. The van der Waals surface area contributed by atoms with Crippen molar-refractivity contribution in [3.8, 4) is 0 Å². The first-order valence-electron chi connectivity index (χ1n) is 9.71. The third kappa shape index (κ3) is 4.93. The maximum Gasteiger partial charge on any atom is 0.265 e. The Kier molecular flexibility index (Phi) is 6.39. The van der Waals surface area contributed by atoms with Gasteiger partial charge < -0.3 is 10.6 Å². The van der Waals surface area contributed by atoms with Gasteiger partial charge in [0.2, 0.25) is 0 Å². The summed E-state index contributed by atoms with van der Waals surface area (Å²) in [5.74, 6) is -0.290. The molecule has 1 saturated heterocycles. The van der Waals surface area contributed by atoms with Crippen LogP contribution in [0.1, 0.15) is 43.8 Å². The van der Waals surface area contributed by atoms with E-state index >= 15 is 0 Å². The van der Waals surface area contributed by atoms with Gasteiger partial charge in [0, 0.05) is 22.7 Å². The van der Waals surface area contributed by atoms with Crippen LogP contribution in [0, 0.1) is 0 Å². The van der Waals surface area contributed by atoms with E-state index in [-0.39, 0.29) is 17.9 Å². The van der Waals surface area contributed by atoms with E-state index in [2.05, 4.69) is 33.0 Å². The standard InChI is InChI=1S/C22H23N3O2S2/c26-21(23-15-18(19-8-4-12-28-19)25-10-1-2-11-25)16-6-3-7-17(14-16)24-22(27)20-9-5-13-29-20/h3-9,12-14,18H,1-2,10-11,15H2,(H,23,26)(H,24,27). The van der Waals surface area contributed by atoms with Crippen LogP contribution in [-0.4, -0.2) is 36.3 Å². The van der Waals surface area contributed by atoms with Gasteiger partial charge in [0.05, 0.1) is 10.9 Å². The second-order valence-corrected chi connectivity index (χ2v) is 8.92. The lowest BCUT2D eigenvalue weighted by Crippen LogP contribution is -2.36. The minimum Gasteiger partial charge on any atom is -0.350 e. The number of nitrogens with zero attached hydrogens (tertiary/aromatic N) is 1. The van der Waals surface area contributed by atoms with Gasteiger partial charge in [-0.2, -0.15) is 0 Å². The molecule has 1 atom stereocenters. The highest BCUT2D eigenvalue weighted by atomic mass is 32.1. The first-order chi connectivity index (χ1) is 14.2. The summed E-state index contributed by atoms with van der Waals surface area (Å²) in [5, 5.41) is 9.89. The Morgan fingerprint density at radius 3 is 2.48 bits per heavy atom. The number of carbonyl (C=O) groups is 2. The summed E-state index contributed by atoms with van der Waals surface area (Å²) in [6, 6.07) is 15.1. The number of likely N-dealkylation sites (tertiary alicyclic amines) is 1. The van der Waals surface area contributed by atoms with Crippen LogP contribution < -0.4 is 10.6 Å². The molecular formula is C22H23N3O2S2. The largest absolute Gasteiger partial charge is 0.350 e. The van der Waals surface area contributed by atoms with Crippen LogP contribution in [0.25, 0.3) is 0 Å². The van der Waals surface area contributed by atoms with E-state index in [1.165, 1.54) is 29.1 Å². The lowest BCUT2D eigenvalue weighted by atomic mass is 10.1. The van der Waals surface area contributed by atoms with Gasteiger partial charge >= 0.3 is 0 Å². The van der Waals surface area contributed by atoms with Crippen LogP contribution in [0.3, 0.4) is 0 Å². The third-order valence-electron chi connectivity index (χ3n) is 5.04. The van der Waals surface area contributed by atoms with E-state index in [1.807, 2.05) is 11.4 Å². The zero-order chi connectivity index (χ0) is 20.1. The summed E-state index contributed by atoms with van der Waals surface area (Å²) in [7, 11) is 0. The monoisotopic (exact) mass is 425 g/mol. The number of carbonyl (C=O) groups excluding carboxylic acids is 2. The average molecular weight is 426 g/mol. The highest BCUT2D eigenvalue weighted by Gasteiger charge is 2.24.